The molecule has 0 fully saturated rings. The molecule has 0 saturated carbocycles. The van der Waals surface area contributed by atoms with Crippen molar-refractivity contribution in [3.05, 3.63) is 24.9 Å². The van der Waals surface area contributed by atoms with Gasteiger partial charge in [-0.2, -0.15) is 0 Å². The lowest BCUT2D eigenvalue weighted by atomic mass is 10.4. The van der Waals surface area contributed by atoms with Gasteiger partial charge in [0, 0.05) is 12.0 Å². The Morgan fingerprint density at radius 3 is 2.88 bits per heavy atom. The summed E-state index contributed by atoms with van der Waals surface area (Å²) in [5.74, 6) is 0.535. The molecule has 0 saturated heterocycles. The van der Waals surface area contributed by atoms with Crippen molar-refractivity contribution in [2.75, 3.05) is 12.4 Å². The summed E-state index contributed by atoms with van der Waals surface area (Å²) in [6.07, 6.45) is 7.63. The van der Waals surface area contributed by atoms with Crippen molar-refractivity contribution in [2.24, 2.45) is 4.99 Å². The number of rotatable bonds is 8. The molecule has 4 heteroatoms. The normalized spacial score (nSPS) is 11.8. The highest BCUT2D eigenvalue weighted by atomic mass is 32.2. The van der Waals surface area contributed by atoms with Gasteiger partial charge >= 0.3 is 5.97 Å². The van der Waals surface area contributed by atoms with Crippen molar-refractivity contribution in [3.63, 3.8) is 0 Å². The number of esters is 1. The van der Waals surface area contributed by atoms with Crippen molar-refractivity contribution in [2.45, 2.75) is 33.1 Å². The number of carbonyl (C=O) groups is 1. The maximum Gasteiger partial charge on any atom is 0.306 e. The molecule has 0 aliphatic heterocycles. The van der Waals surface area contributed by atoms with E-state index in [2.05, 4.69) is 18.5 Å². The molecule has 0 bridgehead atoms. The first-order valence-electron chi connectivity index (χ1n) is 5.84. The van der Waals surface area contributed by atoms with E-state index in [1.54, 1.807) is 12.3 Å². The van der Waals surface area contributed by atoms with Gasteiger partial charge in [0.25, 0.3) is 0 Å². The van der Waals surface area contributed by atoms with E-state index in [4.69, 9.17) is 4.74 Å². The standard InChI is InChI=1S/C13H21NO2S/c1-4-7-10-16-13(15)8-11-17-12(6-3)14-9-5-2/h5-6,9H,3-4,7-8,10-11H2,1-2H3/b9-5-,14-12?. The minimum absolute atomic E-state index is 0.139. The lowest BCUT2D eigenvalue weighted by Gasteiger charge is -2.03. The van der Waals surface area contributed by atoms with Crippen molar-refractivity contribution >= 4 is 22.8 Å². The summed E-state index contributed by atoms with van der Waals surface area (Å²) in [6.45, 7) is 8.17. The summed E-state index contributed by atoms with van der Waals surface area (Å²) in [5, 5.41) is 0.824. The summed E-state index contributed by atoms with van der Waals surface area (Å²) >= 11 is 1.51. The highest BCUT2D eigenvalue weighted by molar-refractivity contribution is 8.14. The second-order valence-electron chi connectivity index (χ2n) is 3.33. The van der Waals surface area contributed by atoms with Crippen LogP contribution in [-0.4, -0.2) is 23.4 Å². The predicted molar refractivity (Wildman–Crippen MR) is 75.4 cm³/mol. The average molecular weight is 255 g/mol. The molecular formula is C13H21NO2S. The van der Waals surface area contributed by atoms with Gasteiger partial charge in [-0.15, -0.1) is 11.8 Å². The fourth-order valence-corrected chi connectivity index (χ4v) is 1.67. The number of unbranched alkanes of at least 4 members (excludes halogenated alkanes) is 1. The molecule has 96 valence electrons. The SMILES string of the molecule is C=CC(=N/C=C\C)SCCC(=O)OCCCC. The Labute approximate surface area is 108 Å². The lowest BCUT2D eigenvalue weighted by Crippen LogP contribution is -2.07. The first kappa shape index (κ1) is 16.0. The molecule has 0 amide bonds. The largest absolute Gasteiger partial charge is 0.466 e. The van der Waals surface area contributed by atoms with E-state index in [-0.39, 0.29) is 5.97 Å². The molecule has 0 N–H and O–H groups in total. The smallest absolute Gasteiger partial charge is 0.306 e. The quantitative estimate of drug-likeness (QED) is 0.288. The molecule has 0 unspecified atom stereocenters. The number of hydrogen-bond donors (Lipinski definition) is 0. The maximum atomic E-state index is 11.3. The van der Waals surface area contributed by atoms with Gasteiger partial charge in [-0.3, -0.25) is 9.79 Å². The summed E-state index contributed by atoms with van der Waals surface area (Å²) in [4.78, 5) is 15.4. The molecule has 0 radical (unpaired) electrons. The number of allylic oxidation sites excluding steroid dienone is 1. The lowest BCUT2D eigenvalue weighted by molar-refractivity contribution is -0.143. The molecule has 0 aromatic rings. The zero-order valence-electron chi connectivity index (χ0n) is 10.6. The monoisotopic (exact) mass is 255 g/mol. The van der Waals surface area contributed by atoms with Crippen LogP contribution in [-0.2, 0) is 9.53 Å². The van der Waals surface area contributed by atoms with Gasteiger partial charge in [-0.05, 0) is 19.4 Å². The highest BCUT2D eigenvalue weighted by Gasteiger charge is 2.03. The Morgan fingerprint density at radius 2 is 2.29 bits per heavy atom. The van der Waals surface area contributed by atoms with Gasteiger partial charge in [-0.1, -0.05) is 26.0 Å². The van der Waals surface area contributed by atoms with Gasteiger partial charge in [0.1, 0.15) is 0 Å². The molecule has 0 aliphatic rings. The van der Waals surface area contributed by atoms with Crippen LogP contribution in [0.4, 0.5) is 0 Å². The fourth-order valence-electron chi connectivity index (χ4n) is 0.938. The number of aliphatic imine (C=N–C) groups is 1. The topological polar surface area (TPSA) is 38.7 Å². The summed E-state index contributed by atoms with van der Waals surface area (Å²) in [6, 6.07) is 0. The van der Waals surface area contributed by atoms with Crippen LogP contribution in [0, 0.1) is 0 Å². The van der Waals surface area contributed by atoms with Gasteiger partial charge < -0.3 is 4.74 Å². The van der Waals surface area contributed by atoms with Crippen LogP contribution >= 0.6 is 11.8 Å². The van der Waals surface area contributed by atoms with Crippen LogP contribution in [0.1, 0.15) is 33.1 Å². The molecule has 3 nitrogen and oxygen atoms in total. The van der Waals surface area contributed by atoms with Crippen molar-refractivity contribution in [3.8, 4) is 0 Å². The maximum absolute atomic E-state index is 11.3. The van der Waals surface area contributed by atoms with E-state index in [0.29, 0.717) is 18.8 Å². The Hall–Kier alpha value is -1.03. The second kappa shape index (κ2) is 11.5. The molecular weight excluding hydrogens is 234 g/mol. The first-order valence-corrected chi connectivity index (χ1v) is 6.83. The van der Waals surface area contributed by atoms with Crippen LogP contribution in [0.15, 0.2) is 29.9 Å². The van der Waals surface area contributed by atoms with E-state index in [9.17, 15) is 4.79 Å². The minimum atomic E-state index is -0.139. The van der Waals surface area contributed by atoms with Gasteiger partial charge in [0.2, 0.25) is 0 Å². The predicted octanol–water partition coefficient (Wildman–Crippen LogP) is 3.57. The van der Waals surface area contributed by atoms with E-state index >= 15 is 0 Å². The summed E-state index contributed by atoms with van der Waals surface area (Å²) in [7, 11) is 0. The van der Waals surface area contributed by atoms with E-state index in [0.717, 1.165) is 17.9 Å². The van der Waals surface area contributed by atoms with Crippen LogP contribution < -0.4 is 0 Å². The Morgan fingerprint density at radius 1 is 1.53 bits per heavy atom. The van der Waals surface area contributed by atoms with Crippen LogP contribution in [0.2, 0.25) is 0 Å². The Balaban J connectivity index is 3.73. The van der Waals surface area contributed by atoms with Crippen molar-refractivity contribution in [1.82, 2.24) is 0 Å². The third-order valence-electron chi connectivity index (χ3n) is 1.84. The van der Waals surface area contributed by atoms with Crippen molar-refractivity contribution in [1.29, 1.82) is 0 Å². The third-order valence-corrected chi connectivity index (χ3v) is 2.82. The van der Waals surface area contributed by atoms with Gasteiger partial charge in [-0.25, -0.2) is 0 Å². The molecule has 17 heavy (non-hydrogen) atoms. The van der Waals surface area contributed by atoms with Crippen LogP contribution in [0.3, 0.4) is 0 Å². The average Bonchev–Trinajstić information content (AvgIpc) is 2.34. The number of carbonyl (C=O) groups excluding carboxylic acids is 1. The van der Waals surface area contributed by atoms with E-state index in [1.807, 2.05) is 13.0 Å². The summed E-state index contributed by atoms with van der Waals surface area (Å²) in [5.41, 5.74) is 0. The molecule has 0 rings (SSSR count). The van der Waals surface area contributed by atoms with Crippen LogP contribution in [0.5, 0.6) is 0 Å². The molecule has 0 aromatic heterocycles. The number of ether oxygens (including phenoxy) is 1. The Bertz CT molecular complexity index is 285. The number of thioether (sulfide) groups is 1. The summed E-state index contributed by atoms with van der Waals surface area (Å²) < 4.78 is 5.05. The molecule has 0 spiro atoms. The van der Waals surface area contributed by atoms with E-state index < -0.39 is 0 Å². The van der Waals surface area contributed by atoms with Gasteiger partial charge in [0.15, 0.2) is 0 Å². The Kier molecular flexibility index (Phi) is 10.8. The molecule has 0 atom stereocenters. The van der Waals surface area contributed by atoms with E-state index in [1.165, 1.54) is 11.8 Å². The van der Waals surface area contributed by atoms with Crippen LogP contribution in [0.25, 0.3) is 0 Å². The zero-order valence-corrected chi connectivity index (χ0v) is 11.5. The first-order chi connectivity index (χ1) is 8.24. The fraction of sp³-hybridized carbons (Fsp3) is 0.538. The number of nitrogens with zero attached hydrogens (tertiary/aromatic N) is 1. The third kappa shape index (κ3) is 9.87. The zero-order chi connectivity index (χ0) is 12.9. The minimum Gasteiger partial charge on any atom is -0.466 e. The number of hydrogen-bond acceptors (Lipinski definition) is 4. The molecule has 0 aromatic carbocycles. The highest BCUT2D eigenvalue weighted by Crippen LogP contribution is 2.08. The second-order valence-corrected chi connectivity index (χ2v) is 4.44. The van der Waals surface area contributed by atoms with Crippen molar-refractivity contribution < 1.29 is 9.53 Å². The molecule has 0 aliphatic carbocycles. The van der Waals surface area contributed by atoms with Gasteiger partial charge in [0.05, 0.1) is 18.1 Å². The molecule has 0 heterocycles.